The first-order valence-electron chi connectivity index (χ1n) is 7.83. The lowest BCUT2D eigenvalue weighted by Crippen LogP contribution is -2.42. The number of piperidine rings is 1. The van der Waals surface area contributed by atoms with Gasteiger partial charge in [-0.15, -0.1) is 0 Å². The minimum atomic E-state index is -0.00889. The molecule has 2 unspecified atom stereocenters. The maximum absolute atomic E-state index is 12.0. The Balaban J connectivity index is 1.99. The Hall–Kier alpha value is -1.55. The normalized spacial score (nSPS) is 23.1. The van der Waals surface area contributed by atoms with Crippen LogP contribution in [0.2, 0.25) is 0 Å². The van der Waals surface area contributed by atoms with Gasteiger partial charge in [-0.2, -0.15) is 0 Å². The maximum atomic E-state index is 12.0. The molecule has 0 aliphatic carbocycles. The molecule has 2 N–H and O–H groups in total. The summed E-state index contributed by atoms with van der Waals surface area (Å²) in [5, 5.41) is 6.50. The first kappa shape index (κ1) is 15.8. The molecule has 4 heteroatoms. The average Bonchev–Trinajstić information content (AvgIpc) is 2.42. The summed E-state index contributed by atoms with van der Waals surface area (Å²) in [7, 11) is 2.18. The van der Waals surface area contributed by atoms with Gasteiger partial charge in [-0.1, -0.05) is 6.07 Å². The summed E-state index contributed by atoms with van der Waals surface area (Å²) in [5.41, 5.74) is 1.75. The summed E-state index contributed by atoms with van der Waals surface area (Å²) in [5.74, 6) is -0.00889. The van der Waals surface area contributed by atoms with Crippen molar-refractivity contribution in [3.05, 3.63) is 29.8 Å². The molecule has 1 aromatic carbocycles. The molecular formula is C17H27N3O. The number of rotatable bonds is 4. The van der Waals surface area contributed by atoms with Gasteiger partial charge in [-0.05, 0) is 58.9 Å². The third kappa shape index (κ3) is 4.46. The third-order valence-electron chi connectivity index (χ3n) is 4.12. The smallest absolute Gasteiger partial charge is 0.251 e. The number of hydrogen-bond donors (Lipinski definition) is 2. The molecule has 0 spiro atoms. The molecule has 116 valence electrons. The van der Waals surface area contributed by atoms with Crippen molar-refractivity contribution in [2.24, 2.45) is 0 Å². The van der Waals surface area contributed by atoms with Crippen LogP contribution in [0.3, 0.4) is 0 Å². The summed E-state index contributed by atoms with van der Waals surface area (Å²) < 4.78 is 0. The van der Waals surface area contributed by atoms with Gasteiger partial charge in [-0.3, -0.25) is 4.79 Å². The quantitative estimate of drug-likeness (QED) is 0.896. The lowest BCUT2D eigenvalue weighted by molar-refractivity contribution is 0.0943. The average molecular weight is 289 g/mol. The van der Waals surface area contributed by atoms with E-state index in [-0.39, 0.29) is 11.9 Å². The molecule has 1 heterocycles. The van der Waals surface area contributed by atoms with Crippen LogP contribution in [-0.2, 0) is 0 Å². The second kappa shape index (κ2) is 6.94. The molecule has 4 nitrogen and oxygen atoms in total. The van der Waals surface area contributed by atoms with Crippen molar-refractivity contribution >= 4 is 11.6 Å². The Morgan fingerprint density at radius 3 is 2.81 bits per heavy atom. The number of likely N-dealkylation sites (tertiary alicyclic amines) is 1. The Kier molecular flexibility index (Phi) is 5.23. The van der Waals surface area contributed by atoms with E-state index in [1.54, 1.807) is 0 Å². The van der Waals surface area contributed by atoms with Crippen molar-refractivity contribution in [2.75, 3.05) is 18.9 Å². The van der Waals surface area contributed by atoms with E-state index in [1.165, 1.54) is 0 Å². The Morgan fingerprint density at radius 2 is 2.14 bits per heavy atom. The van der Waals surface area contributed by atoms with E-state index >= 15 is 0 Å². The van der Waals surface area contributed by atoms with E-state index in [2.05, 4.69) is 29.5 Å². The van der Waals surface area contributed by atoms with Crippen molar-refractivity contribution in [1.29, 1.82) is 0 Å². The highest BCUT2D eigenvalue weighted by atomic mass is 16.1. The Bertz CT molecular complexity index is 487. The van der Waals surface area contributed by atoms with E-state index in [9.17, 15) is 4.79 Å². The molecular weight excluding hydrogens is 262 g/mol. The largest absolute Gasteiger partial charge is 0.382 e. The number of anilines is 1. The monoisotopic (exact) mass is 289 g/mol. The van der Waals surface area contributed by atoms with Gasteiger partial charge < -0.3 is 15.5 Å². The van der Waals surface area contributed by atoms with Crippen LogP contribution >= 0.6 is 0 Å². The van der Waals surface area contributed by atoms with Gasteiger partial charge >= 0.3 is 0 Å². The summed E-state index contributed by atoms with van der Waals surface area (Å²) >= 11 is 0. The predicted molar refractivity (Wildman–Crippen MR) is 87.8 cm³/mol. The molecule has 1 saturated heterocycles. The zero-order valence-electron chi connectivity index (χ0n) is 13.5. The van der Waals surface area contributed by atoms with Gasteiger partial charge in [0.15, 0.2) is 0 Å². The van der Waals surface area contributed by atoms with Crippen molar-refractivity contribution in [1.82, 2.24) is 10.2 Å². The summed E-state index contributed by atoms with van der Waals surface area (Å²) in [6, 6.07) is 9.03. The fraction of sp³-hybridized carbons (Fsp3) is 0.588. The van der Waals surface area contributed by atoms with Crippen LogP contribution < -0.4 is 10.6 Å². The topological polar surface area (TPSA) is 44.4 Å². The van der Waals surface area contributed by atoms with E-state index in [0.29, 0.717) is 12.1 Å². The SMILES string of the molecule is CC(C)NC(=O)c1cccc(NC2CCN(C)C(C)C2)c1. The predicted octanol–water partition coefficient (Wildman–Crippen LogP) is 2.72. The van der Waals surface area contributed by atoms with Gasteiger partial charge in [0.25, 0.3) is 5.91 Å². The zero-order chi connectivity index (χ0) is 15.4. The molecule has 0 bridgehead atoms. The standard InChI is InChI=1S/C17H27N3O/c1-12(2)18-17(21)14-6-5-7-15(11-14)19-16-8-9-20(4)13(3)10-16/h5-7,11-13,16,19H,8-10H2,1-4H3,(H,18,21). The highest BCUT2D eigenvalue weighted by Gasteiger charge is 2.22. The molecule has 0 aromatic heterocycles. The van der Waals surface area contributed by atoms with Crippen molar-refractivity contribution < 1.29 is 4.79 Å². The zero-order valence-corrected chi connectivity index (χ0v) is 13.5. The second-order valence-electron chi connectivity index (χ2n) is 6.40. The minimum Gasteiger partial charge on any atom is -0.382 e. The number of benzene rings is 1. The molecule has 0 saturated carbocycles. The number of amides is 1. The van der Waals surface area contributed by atoms with Gasteiger partial charge in [0.05, 0.1) is 0 Å². The van der Waals surface area contributed by atoms with Gasteiger partial charge in [-0.25, -0.2) is 0 Å². The van der Waals surface area contributed by atoms with E-state index < -0.39 is 0 Å². The van der Waals surface area contributed by atoms with Crippen LogP contribution in [0, 0.1) is 0 Å². The first-order valence-corrected chi connectivity index (χ1v) is 7.83. The molecule has 1 aromatic rings. The van der Waals surface area contributed by atoms with Crippen LogP contribution in [0.15, 0.2) is 24.3 Å². The molecule has 1 fully saturated rings. The van der Waals surface area contributed by atoms with Crippen LogP contribution in [0.25, 0.3) is 0 Å². The van der Waals surface area contributed by atoms with Gasteiger partial charge in [0.2, 0.25) is 0 Å². The molecule has 1 aliphatic heterocycles. The van der Waals surface area contributed by atoms with Gasteiger partial charge in [0, 0.05) is 35.9 Å². The molecule has 2 rings (SSSR count). The summed E-state index contributed by atoms with van der Waals surface area (Å²) in [4.78, 5) is 14.4. The number of nitrogens with zero attached hydrogens (tertiary/aromatic N) is 1. The third-order valence-corrected chi connectivity index (χ3v) is 4.12. The van der Waals surface area contributed by atoms with Crippen LogP contribution in [-0.4, -0.2) is 42.5 Å². The van der Waals surface area contributed by atoms with E-state index in [0.717, 1.165) is 30.6 Å². The minimum absolute atomic E-state index is 0.00889. The second-order valence-corrected chi connectivity index (χ2v) is 6.40. The first-order chi connectivity index (χ1) is 9.95. The molecule has 0 radical (unpaired) electrons. The maximum Gasteiger partial charge on any atom is 0.251 e. The number of nitrogens with one attached hydrogen (secondary N) is 2. The number of hydrogen-bond acceptors (Lipinski definition) is 3. The van der Waals surface area contributed by atoms with E-state index in [4.69, 9.17) is 0 Å². The Morgan fingerprint density at radius 1 is 1.38 bits per heavy atom. The summed E-state index contributed by atoms with van der Waals surface area (Å²) in [6.45, 7) is 7.33. The fourth-order valence-electron chi connectivity index (χ4n) is 2.75. The lowest BCUT2D eigenvalue weighted by atomic mass is 9.98. The molecule has 2 atom stereocenters. The van der Waals surface area contributed by atoms with Crippen molar-refractivity contribution in [2.45, 2.75) is 51.7 Å². The number of carbonyl (C=O) groups is 1. The molecule has 21 heavy (non-hydrogen) atoms. The van der Waals surface area contributed by atoms with Gasteiger partial charge in [0.1, 0.15) is 0 Å². The highest BCUT2D eigenvalue weighted by molar-refractivity contribution is 5.95. The number of carbonyl (C=O) groups excluding carboxylic acids is 1. The summed E-state index contributed by atoms with van der Waals surface area (Å²) in [6.07, 6.45) is 2.28. The lowest BCUT2D eigenvalue weighted by Gasteiger charge is -2.35. The molecule has 1 aliphatic rings. The fourth-order valence-corrected chi connectivity index (χ4v) is 2.75. The van der Waals surface area contributed by atoms with Crippen LogP contribution in [0.4, 0.5) is 5.69 Å². The van der Waals surface area contributed by atoms with E-state index in [1.807, 2.05) is 38.1 Å². The highest BCUT2D eigenvalue weighted by Crippen LogP contribution is 2.20. The van der Waals surface area contributed by atoms with Crippen molar-refractivity contribution in [3.63, 3.8) is 0 Å². The van der Waals surface area contributed by atoms with Crippen LogP contribution in [0.1, 0.15) is 44.0 Å². The van der Waals surface area contributed by atoms with Crippen molar-refractivity contribution in [3.8, 4) is 0 Å². The Labute approximate surface area is 127 Å². The van der Waals surface area contributed by atoms with Crippen LogP contribution in [0.5, 0.6) is 0 Å². The molecule has 1 amide bonds.